The van der Waals surface area contributed by atoms with Gasteiger partial charge in [-0.1, -0.05) is 150 Å². The van der Waals surface area contributed by atoms with Gasteiger partial charge in [0.2, 0.25) is 0 Å². The lowest BCUT2D eigenvalue weighted by molar-refractivity contribution is 0.886. The fraction of sp³-hybridized carbons (Fsp3) is 0.171. The molecule has 1 atom stereocenters. The molecule has 1 N–H and O–H groups in total. The third kappa shape index (κ3) is 8.94. The van der Waals surface area contributed by atoms with E-state index in [1.54, 1.807) is 0 Å². The van der Waals surface area contributed by atoms with Gasteiger partial charge in [-0.15, -0.1) is 0 Å². The molecule has 0 fully saturated rings. The maximum atomic E-state index is 3.84. The Bertz CT molecular complexity index is 1570. The Kier molecular flexibility index (Phi) is 10.7. The summed E-state index contributed by atoms with van der Waals surface area (Å²) >= 11 is 0. The van der Waals surface area contributed by atoms with E-state index in [0.29, 0.717) is 6.04 Å². The molecular formula is C41H43N. The van der Waals surface area contributed by atoms with Gasteiger partial charge in [-0.2, -0.15) is 0 Å². The van der Waals surface area contributed by atoms with Crippen molar-refractivity contribution in [1.29, 1.82) is 0 Å². The van der Waals surface area contributed by atoms with Crippen LogP contribution >= 0.6 is 0 Å². The second kappa shape index (κ2) is 14.8. The third-order valence-electron chi connectivity index (χ3n) is 7.31. The summed E-state index contributed by atoms with van der Waals surface area (Å²) in [7, 11) is 0. The van der Waals surface area contributed by atoms with Crippen molar-refractivity contribution in [3.63, 3.8) is 0 Å². The van der Waals surface area contributed by atoms with Crippen LogP contribution in [0.1, 0.15) is 48.1 Å². The van der Waals surface area contributed by atoms with Crippen LogP contribution in [0, 0.1) is 20.8 Å². The average Bonchev–Trinajstić information content (AvgIpc) is 3.00. The standard InChI is InChI=1S/C26H25N.C15H18/c1-19-3-7-21(8-4-19)23-11-15-25(16-12-23)27-26-17-13-24(14-18-26)22-9-5-20(2)6-10-22;1-5-14(9-6-12(2)3)15-10-7-13(4)8-11-15/h3-17,26-27H,18H2,1-2H3;5-11H,1H2,2-4H3/b;14-9+. The Morgan fingerprint density at radius 2 is 1.17 bits per heavy atom. The van der Waals surface area contributed by atoms with E-state index in [-0.39, 0.29) is 0 Å². The maximum absolute atomic E-state index is 3.84. The molecule has 0 saturated heterocycles. The van der Waals surface area contributed by atoms with Crippen LogP contribution in [0.15, 0.2) is 146 Å². The Morgan fingerprint density at radius 1 is 0.667 bits per heavy atom. The molecule has 4 aromatic carbocycles. The summed E-state index contributed by atoms with van der Waals surface area (Å²) in [6.45, 7) is 14.4. The van der Waals surface area contributed by atoms with Crippen LogP contribution in [-0.4, -0.2) is 6.04 Å². The molecule has 0 spiro atoms. The number of aryl methyl sites for hydroxylation is 3. The molecule has 0 bridgehead atoms. The summed E-state index contributed by atoms with van der Waals surface area (Å²) in [5.74, 6) is 0. The Labute approximate surface area is 253 Å². The van der Waals surface area contributed by atoms with Gasteiger partial charge in [0.05, 0.1) is 0 Å². The number of nitrogens with one attached hydrogen (secondary N) is 1. The highest BCUT2D eigenvalue weighted by Gasteiger charge is 2.10. The second-order valence-electron chi connectivity index (χ2n) is 11.3. The lowest BCUT2D eigenvalue weighted by atomic mass is 9.96. The number of hydrogen-bond donors (Lipinski definition) is 1. The number of benzene rings is 4. The first-order valence-electron chi connectivity index (χ1n) is 14.7. The van der Waals surface area contributed by atoms with Crippen LogP contribution in [0.3, 0.4) is 0 Å². The van der Waals surface area contributed by atoms with Crippen LogP contribution in [0.2, 0.25) is 0 Å². The summed E-state index contributed by atoms with van der Waals surface area (Å²) in [6, 6.07) is 35.0. The van der Waals surface area contributed by atoms with E-state index in [0.717, 1.165) is 17.7 Å². The van der Waals surface area contributed by atoms with E-state index in [4.69, 9.17) is 0 Å². The topological polar surface area (TPSA) is 12.0 Å². The van der Waals surface area contributed by atoms with E-state index >= 15 is 0 Å². The molecule has 4 aromatic rings. The van der Waals surface area contributed by atoms with Crippen molar-refractivity contribution in [1.82, 2.24) is 0 Å². The molecule has 0 heterocycles. The molecule has 1 aliphatic carbocycles. The van der Waals surface area contributed by atoms with Gasteiger partial charge >= 0.3 is 0 Å². The first-order chi connectivity index (χ1) is 20.3. The van der Waals surface area contributed by atoms with Crippen molar-refractivity contribution in [2.45, 2.75) is 47.1 Å². The minimum Gasteiger partial charge on any atom is -0.379 e. The smallest absolute Gasteiger partial charge is 0.0482 e. The van der Waals surface area contributed by atoms with Crippen molar-refractivity contribution in [3.05, 3.63) is 173 Å². The number of rotatable bonds is 7. The van der Waals surface area contributed by atoms with Gasteiger partial charge in [0.15, 0.2) is 0 Å². The van der Waals surface area contributed by atoms with Crippen LogP contribution in [0.4, 0.5) is 5.69 Å². The van der Waals surface area contributed by atoms with Gasteiger partial charge in [0, 0.05) is 11.7 Å². The zero-order chi connectivity index (χ0) is 29.9. The van der Waals surface area contributed by atoms with Gasteiger partial charge in [0.25, 0.3) is 0 Å². The summed E-state index contributed by atoms with van der Waals surface area (Å²) < 4.78 is 0. The molecular weight excluding hydrogens is 506 g/mol. The van der Waals surface area contributed by atoms with Crippen LogP contribution < -0.4 is 5.32 Å². The maximum Gasteiger partial charge on any atom is 0.0482 e. The van der Waals surface area contributed by atoms with E-state index in [1.165, 1.54) is 50.1 Å². The molecule has 0 aliphatic heterocycles. The summed E-state index contributed by atoms with van der Waals surface area (Å²) in [5.41, 5.74) is 13.8. The van der Waals surface area contributed by atoms with E-state index in [2.05, 4.69) is 174 Å². The summed E-state index contributed by atoms with van der Waals surface area (Å²) in [6.07, 6.45) is 13.9. The molecule has 42 heavy (non-hydrogen) atoms. The molecule has 1 unspecified atom stereocenters. The predicted octanol–water partition coefficient (Wildman–Crippen LogP) is 11.3. The third-order valence-corrected chi connectivity index (χ3v) is 7.31. The zero-order valence-electron chi connectivity index (χ0n) is 25.7. The Morgan fingerprint density at radius 3 is 1.64 bits per heavy atom. The van der Waals surface area contributed by atoms with Gasteiger partial charge < -0.3 is 5.32 Å². The summed E-state index contributed by atoms with van der Waals surface area (Å²) in [5, 5.41) is 3.62. The molecule has 0 radical (unpaired) electrons. The largest absolute Gasteiger partial charge is 0.379 e. The van der Waals surface area contributed by atoms with Crippen LogP contribution in [-0.2, 0) is 0 Å². The monoisotopic (exact) mass is 549 g/mol. The van der Waals surface area contributed by atoms with Crippen molar-refractivity contribution < 1.29 is 0 Å². The number of hydrogen-bond acceptors (Lipinski definition) is 1. The first kappa shape index (κ1) is 30.3. The minimum atomic E-state index is 0.337. The Hall–Kier alpha value is -4.62. The molecule has 1 heteroatoms. The Balaban J connectivity index is 0.000000230. The highest BCUT2D eigenvalue weighted by molar-refractivity contribution is 5.76. The van der Waals surface area contributed by atoms with Gasteiger partial charge in [-0.25, -0.2) is 0 Å². The van der Waals surface area contributed by atoms with E-state index in [1.807, 2.05) is 6.08 Å². The fourth-order valence-corrected chi connectivity index (χ4v) is 4.69. The summed E-state index contributed by atoms with van der Waals surface area (Å²) in [4.78, 5) is 0. The van der Waals surface area contributed by atoms with Gasteiger partial charge in [0.1, 0.15) is 0 Å². The molecule has 0 aromatic heterocycles. The van der Waals surface area contributed by atoms with Gasteiger partial charge in [-0.05, 0) is 86.6 Å². The minimum absolute atomic E-state index is 0.337. The second-order valence-corrected chi connectivity index (χ2v) is 11.3. The first-order valence-corrected chi connectivity index (χ1v) is 14.7. The zero-order valence-corrected chi connectivity index (χ0v) is 25.7. The van der Waals surface area contributed by atoms with Crippen molar-refractivity contribution in [2.75, 3.05) is 5.32 Å². The van der Waals surface area contributed by atoms with Crippen molar-refractivity contribution in [3.8, 4) is 11.1 Å². The lowest BCUT2D eigenvalue weighted by Gasteiger charge is -2.19. The van der Waals surface area contributed by atoms with Crippen molar-refractivity contribution >= 4 is 16.8 Å². The molecule has 1 nitrogen and oxygen atoms in total. The molecule has 212 valence electrons. The average molecular weight is 550 g/mol. The number of allylic oxidation sites excluding steroid dienone is 7. The van der Waals surface area contributed by atoms with E-state index < -0.39 is 0 Å². The van der Waals surface area contributed by atoms with E-state index in [9.17, 15) is 0 Å². The van der Waals surface area contributed by atoms with Crippen molar-refractivity contribution in [2.24, 2.45) is 0 Å². The SMILES string of the molecule is C=C/C(=C\C=C(C)C)c1ccc(C)cc1.Cc1ccc(C2=CCC(Nc3ccc(-c4ccc(C)cc4)cc3)C=C2)cc1. The highest BCUT2D eigenvalue weighted by atomic mass is 14.9. The highest BCUT2D eigenvalue weighted by Crippen LogP contribution is 2.26. The van der Waals surface area contributed by atoms with Crippen LogP contribution in [0.5, 0.6) is 0 Å². The normalized spacial score (nSPS) is 14.3. The predicted molar refractivity (Wildman–Crippen MR) is 186 cm³/mol. The quantitative estimate of drug-likeness (QED) is 0.226. The molecule has 5 rings (SSSR count). The molecule has 0 saturated carbocycles. The van der Waals surface area contributed by atoms with Crippen LogP contribution in [0.25, 0.3) is 22.3 Å². The number of anilines is 1. The molecule has 1 aliphatic rings. The molecule has 0 amide bonds. The van der Waals surface area contributed by atoms with Gasteiger partial charge in [-0.3, -0.25) is 0 Å². The lowest BCUT2D eigenvalue weighted by Crippen LogP contribution is -2.17. The fourth-order valence-electron chi connectivity index (χ4n) is 4.69.